The zero-order valence-electron chi connectivity index (χ0n) is 12.2. The van der Waals surface area contributed by atoms with E-state index in [1.54, 1.807) is 6.20 Å². The van der Waals surface area contributed by atoms with Crippen molar-refractivity contribution in [2.75, 3.05) is 19.6 Å². The van der Waals surface area contributed by atoms with E-state index in [2.05, 4.69) is 4.98 Å². The van der Waals surface area contributed by atoms with Crippen LogP contribution in [0, 0.1) is 5.92 Å². The summed E-state index contributed by atoms with van der Waals surface area (Å²) in [5, 5.41) is 9.47. The number of aliphatic hydroxyl groups excluding tert-OH is 1. The first-order valence-electron chi connectivity index (χ1n) is 7.27. The van der Waals surface area contributed by atoms with Gasteiger partial charge in [0.1, 0.15) is 5.82 Å². The van der Waals surface area contributed by atoms with Gasteiger partial charge in [0.2, 0.25) is 0 Å². The third kappa shape index (κ3) is 5.32. The smallest absolute Gasteiger partial charge is 0.391 e. The number of piperidine rings is 1. The van der Waals surface area contributed by atoms with Crippen LogP contribution in [0.5, 0.6) is 0 Å². The molecule has 0 bridgehead atoms. The number of aliphatic hydroxyl groups is 1. The molecule has 0 saturated carbocycles. The Morgan fingerprint density at radius 3 is 2.57 bits per heavy atom. The molecule has 4 nitrogen and oxygen atoms in total. The van der Waals surface area contributed by atoms with Crippen LogP contribution in [0.2, 0.25) is 0 Å². The van der Waals surface area contributed by atoms with E-state index in [1.807, 2.05) is 22.7 Å². The highest BCUT2D eigenvalue weighted by Crippen LogP contribution is 2.24. The van der Waals surface area contributed by atoms with Gasteiger partial charge in [0, 0.05) is 32.4 Å². The number of aryl methyl sites for hydroxylation is 1. The number of hydrogen-bond donors (Lipinski definition) is 1. The average molecular weight is 305 g/mol. The van der Waals surface area contributed by atoms with Gasteiger partial charge in [-0.15, -0.1) is 0 Å². The van der Waals surface area contributed by atoms with Crippen molar-refractivity contribution >= 4 is 0 Å². The quantitative estimate of drug-likeness (QED) is 0.904. The van der Waals surface area contributed by atoms with Crippen molar-refractivity contribution in [2.45, 2.75) is 38.0 Å². The Bertz CT molecular complexity index is 439. The van der Waals surface area contributed by atoms with Crippen LogP contribution < -0.4 is 0 Å². The number of rotatable bonds is 5. The second kappa shape index (κ2) is 6.79. The van der Waals surface area contributed by atoms with Gasteiger partial charge in [-0.3, -0.25) is 0 Å². The first kappa shape index (κ1) is 16.3. The molecule has 1 atom stereocenters. The van der Waals surface area contributed by atoms with Gasteiger partial charge >= 0.3 is 6.18 Å². The highest BCUT2D eigenvalue weighted by atomic mass is 19.4. The molecule has 1 aromatic rings. The third-order valence-corrected chi connectivity index (χ3v) is 4.04. The molecule has 120 valence electrons. The van der Waals surface area contributed by atoms with Crippen molar-refractivity contribution in [2.24, 2.45) is 13.0 Å². The normalized spacial score (nSPS) is 19.9. The van der Waals surface area contributed by atoms with Crippen molar-refractivity contribution in [3.63, 3.8) is 0 Å². The molecule has 7 heteroatoms. The van der Waals surface area contributed by atoms with Gasteiger partial charge in [0.25, 0.3) is 0 Å². The maximum Gasteiger partial charge on any atom is 0.391 e. The van der Waals surface area contributed by atoms with Crippen LogP contribution in [0.1, 0.15) is 25.1 Å². The molecule has 0 amide bonds. The van der Waals surface area contributed by atoms with Gasteiger partial charge in [0.05, 0.1) is 12.5 Å². The molecule has 21 heavy (non-hydrogen) atoms. The summed E-state index contributed by atoms with van der Waals surface area (Å²) in [6.45, 7) is 1.59. The fraction of sp³-hybridized carbons (Fsp3) is 0.786. The molecule has 1 saturated heterocycles. The van der Waals surface area contributed by atoms with Gasteiger partial charge in [-0.2, -0.15) is 13.2 Å². The molecule has 1 aliphatic heterocycles. The molecular formula is C14H22F3N3O. The average Bonchev–Trinajstić information content (AvgIpc) is 2.75. The molecule has 1 aliphatic rings. The summed E-state index contributed by atoms with van der Waals surface area (Å²) in [6.07, 6.45) is -0.276. The molecule has 1 unspecified atom stereocenters. The lowest BCUT2D eigenvalue weighted by molar-refractivity contribution is -0.155. The molecule has 0 aromatic carbocycles. The van der Waals surface area contributed by atoms with Gasteiger partial charge in [-0.1, -0.05) is 0 Å². The van der Waals surface area contributed by atoms with Gasteiger partial charge in [0.15, 0.2) is 0 Å². The summed E-state index contributed by atoms with van der Waals surface area (Å²) in [4.78, 5) is 6.22. The number of alkyl halides is 3. The summed E-state index contributed by atoms with van der Waals surface area (Å²) >= 11 is 0. The number of β-amino-alcohol motifs (C(OH)–C–C–N with tert-alkyl or cyclic N) is 1. The van der Waals surface area contributed by atoms with E-state index in [1.165, 1.54) is 0 Å². The lowest BCUT2D eigenvalue weighted by atomic mass is 9.93. The standard InChI is InChI=1S/C14H22F3N3O/c1-19-7-4-18-13(19)8-11-2-5-20(6-3-11)10-12(21)9-14(15,16)17/h4,7,11-12,21H,2-3,5-6,8-10H2,1H3. The van der Waals surface area contributed by atoms with E-state index in [4.69, 9.17) is 0 Å². The number of hydrogen-bond acceptors (Lipinski definition) is 3. The van der Waals surface area contributed by atoms with Crippen LogP contribution in [0.25, 0.3) is 0 Å². The Hall–Kier alpha value is -1.08. The number of nitrogens with zero attached hydrogens (tertiary/aromatic N) is 3. The van der Waals surface area contributed by atoms with Crippen LogP contribution in [-0.2, 0) is 13.5 Å². The predicted octanol–water partition coefficient (Wildman–Crippen LogP) is 1.99. The number of aromatic nitrogens is 2. The maximum absolute atomic E-state index is 12.2. The van der Waals surface area contributed by atoms with E-state index < -0.39 is 18.7 Å². The van der Waals surface area contributed by atoms with Gasteiger partial charge in [-0.25, -0.2) is 4.98 Å². The Balaban J connectivity index is 1.72. The fourth-order valence-corrected chi connectivity index (χ4v) is 2.85. The molecule has 0 aliphatic carbocycles. The van der Waals surface area contributed by atoms with Crippen molar-refractivity contribution < 1.29 is 18.3 Å². The Kier molecular flexibility index (Phi) is 5.27. The SMILES string of the molecule is Cn1ccnc1CC1CCN(CC(O)CC(F)(F)F)CC1. The van der Waals surface area contributed by atoms with Crippen LogP contribution >= 0.6 is 0 Å². The summed E-state index contributed by atoms with van der Waals surface area (Å²) in [5.41, 5.74) is 0. The van der Waals surface area contributed by atoms with Crippen molar-refractivity contribution in [3.05, 3.63) is 18.2 Å². The second-order valence-electron chi connectivity index (χ2n) is 5.88. The van der Waals surface area contributed by atoms with E-state index in [9.17, 15) is 18.3 Å². The van der Waals surface area contributed by atoms with Crippen molar-refractivity contribution in [1.82, 2.24) is 14.5 Å². The lowest BCUT2D eigenvalue weighted by Crippen LogP contribution is -2.40. The minimum atomic E-state index is -4.30. The third-order valence-electron chi connectivity index (χ3n) is 4.04. The van der Waals surface area contributed by atoms with Crippen molar-refractivity contribution in [3.8, 4) is 0 Å². The highest BCUT2D eigenvalue weighted by Gasteiger charge is 2.32. The number of halogens is 3. The molecule has 2 heterocycles. The molecule has 0 spiro atoms. The molecular weight excluding hydrogens is 283 g/mol. The zero-order chi connectivity index (χ0) is 15.5. The Labute approximate surface area is 122 Å². The van der Waals surface area contributed by atoms with Crippen LogP contribution in [0.4, 0.5) is 13.2 Å². The first-order valence-corrected chi connectivity index (χ1v) is 7.27. The summed E-state index contributed by atoms with van der Waals surface area (Å²) in [5.74, 6) is 1.56. The molecule has 2 rings (SSSR count). The Morgan fingerprint density at radius 1 is 1.38 bits per heavy atom. The molecule has 1 fully saturated rings. The molecule has 1 aromatic heterocycles. The number of likely N-dealkylation sites (tertiary alicyclic amines) is 1. The van der Waals surface area contributed by atoms with Gasteiger partial charge < -0.3 is 14.6 Å². The van der Waals surface area contributed by atoms with E-state index in [0.717, 1.165) is 38.2 Å². The summed E-state index contributed by atoms with van der Waals surface area (Å²) < 4.78 is 38.6. The molecule has 1 N–H and O–H groups in total. The Morgan fingerprint density at radius 2 is 2.05 bits per heavy atom. The monoisotopic (exact) mass is 305 g/mol. The summed E-state index contributed by atoms with van der Waals surface area (Å²) in [7, 11) is 1.96. The summed E-state index contributed by atoms with van der Waals surface area (Å²) in [6, 6.07) is 0. The van der Waals surface area contributed by atoms with Gasteiger partial charge in [-0.05, 0) is 31.8 Å². The largest absolute Gasteiger partial charge is 0.391 e. The number of imidazole rings is 1. The predicted molar refractivity (Wildman–Crippen MR) is 72.8 cm³/mol. The van der Waals surface area contributed by atoms with E-state index >= 15 is 0 Å². The van der Waals surface area contributed by atoms with Crippen LogP contribution in [0.15, 0.2) is 12.4 Å². The molecule has 0 radical (unpaired) electrons. The minimum Gasteiger partial charge on any atom is -0.391 e. The maximum atomic E-state index is 12.2. The zero-order valence-corrected chi connectivity index (χ0v) is 12.2. The minimum absolute atomic E-state index is 0.106. The lowest BCUT2D eigenvalue weighted by Gasteiger charge is -2.33. The highest BCUT2D eigenvalue weighted by molar-refractivity contribution is 4.93. The van der Waals surface area contributed by atoms with Crippen molar-refractivity contribution in [1.29, 1.82) is 0 Å². The van der Waals surface area contributed by atoms with E-state index in [-0.39, 0.29) is 6.54 Å². The topological polar surface area (TPSA) is 41.3 Å². The second-order valence-corrected chi connectivity index (χ2v) is 5.88. The first-order chi connectivity index (χ1) is 9.83. The van der Waals surface area contributed by atoms with Crippen LogP contribution in [-0.4, -0.2) is 51.5 Å². The van der Waals surface area contributed by atoms with Crippen LogP contribution in [0.3, 0.4) is 0 Å². The van der Waals surface area contributed by atoms with E-state index in [0.29, 0.717) is 5.92 Å². The fourth-order valence-electron chi connectivity index (χ4n) is 2.85.